The van der Waals surface area contributed by atoms with E-state index in [1.54, 1.807) is 54.3 Å². The smallest absolute Gasteiger partial charge is 0.293 e. The van der Waals surface area contributed by atoms with Gasteiger partial charge in [-0.1, -0.05) is 43.1 Å². The second kappa shape index (κ2) is 11.8. The summed E-state index contributed by atoms with van der Waals surface area (Å²) in [5.74, 6) is 0.0523. The molecule has 12 heteroatoms. The Hall–Kier alpha value is -3.60. The molecule has 4 aromatic rings. The van der Waals surface area contributed by atoms with Crippen molar-refractivity contribution in [2.45, 2.75) is 13.8 Å². The largest absolute Gasteiger partial charge is 0.412 e. The number of aromatic nitrogens is 4. The number of amides is 1. The quantitative estimate of drug-likeness (QED) is 0.303. The fraction of sp³-hybridized carbons (Fsp3) is 0.308. The highest BCUT2D eigenvalue weighted by Gasteiger charge is 2.19. The van der Waals surface area contributed by atoms with Crippen molar-refractivity contribution < 1.29 is 9.63 Å². The number of fused-ring (bicyclic) bond motifs is 1. The van der Waals surface area contributed by atoms with Crippen molar-refractivity contribution in [3.05, 3.63) is 68.8 Å². The van der Waals surface area contributed by atoms with E-state index >= 15 is 0 Å². The minimum atomic E-state index is -0.469. The number of halogens is 2. The second-order valence-electron chi connectivity index (χ2n) is 8.54. The van der Waals surface area contributed by atoms with Gasteiger partial charge < -0.3 is 24.9 Å². The van der Waals surface area contributed by atoms with Crippen LogP contribution in [-0.2, 0) is 7.05 Å². The maximum atomic E-state index is 13.3. The average molecular weight is 558 g/mol. The lowest BCUT2D eigenvalue weighted by atomic mass is 10.1. The number of hydrogen-bond acceptors (Lipinski definition) is 7. The normalized spacial score (nSPS) is 11.2. The third-order valence-electron chi connectivity index (χ3n) is 6.22. The summed E-state index contributed by atoms with van der Waals surface area (Å²) in [7, 11) is 3.16. The lowest BCUT2D eigenvalue weighted by Gasteiger charge is -2.17. The van der Waals surface area contributed by atoms with E-state index < -0.39 is 5.56 Å². The highest BCUT2D eigenvalue weighted by Crippen LogP contribution is 2.33. The maximum Gasteiger partial charge on any atom is 0.293 e. The first-order valence-corrected chi connectivity index (χ1v) is 12.9. The average Bonchev–Trinajstić information content (AvgIpc) is 3.26. The van der Waals surface area contributed by atoms with E-state index in [0.717, 1.165) is 24.4 Å². The first kappa shape index (κ1) is 27.4. The summed E-state index contributed by atoms with van der Waals surface area (Å²) in [6, 6.07) is 8.37. The lowest BCUT2D eigenvalue weighted by molar-refractivity contribution is 0.0941. The van der Waals surface area contributed by atoms with Crippen LogP contribution in [0.25, 0.3) is 22.2 Å². The molecule has 3 aromatic heterocycles. The Kier molecular flexibility index (Phi) is 8.55. The number of carbonyl (C=O) groups excluding carboxylic acids is 1. The molecule has 0 fully saturated rings. The summed E-state index contributed by atoms with van der Waals surface area (Å²) in [4.78, 5) is 42.4. The molecule has 3 heterocycles. The van der Waals surface area contributed by atoms with Crippen molar-refractivity contribution in [2.75, 3.05) is 38.6 Å². The van der Waals surface area contributed by atoms with Crippen LogP contribution in [0.15, 0.2) is 47.5 Å². The van der Waals surface area contributed by atoms with E-state index in [0.29, 0.717) is 38.9 Å². The number of hydrogen-bond donors (Lipinski definition) is 2. The van der Waals surface area contributed by atoms with Crippen molar-refractivity contribution in [3.8, 4) is 11.1 Å². The Morgan fingerprint density at radius 1 is 1.16 bits per heavy atom. The summed E-state index contributed by atoms with van der Waals surface area (Å²) in [6.45, 7) is 7.39. The fourth-order valence-corrected chi connectivity index (χ4v) is 4.78. The van der Waals surface area contributed by atoms with E-state index in [4.69, 9.17) is 28.0 Å². The molecule has 1 aromatic carbocycles. The van der Waals surface area contributed by atoms with Crippen LogP contribution in [0.2, 0.25) is 10.0 Å². The number of benzene rings is 1. The molecule has 0 aliphatic rings. The van der Waals surface area contributed by atoms with Gasteiger partial charge in [0, 0.05) is 43.5 Å². The van der Waals surface area contributed by atoms with E-state index in [1.807, 2.05) is 0 Å². The maximum absolute atomic E-state index is 13.3. The molecule has 2 N–H and O–H groups in total. The third-order valence-corrected chi connectivity index (χ3v) is 6.85. The van der Waals surface area contributed by atoms with Crippen molar-refractivity contribution >= 4 is 51.8 Å². The zero-order chi connectivity index (χ0) is 27.4. The molecule has 1 amide bonds. The standard InChI is InChI=1S/C26H29Cl2N7O3/c1-5-34(6-2)11-10-29-24(36)21-13-17(15-33(21)3)31-26-30-14-16-12-18(22-19(27)8-7-9-20(22)28)25(37)35(38-4)23(16)32-26/h7-9,12-15H,5-6,10-11H2,1-4H3,(H,29,36)(H,30,31,32). The molecule has 0 bridgehead atoms. The molecule has 0 spiro atoms. The molecule has 0 saturated heterocycles. The number of anilines is 2. The number of rotatable bonds is 10. The van der Waals surface area contributed by atoms with Crippen LogP contribution in [0.3, 0.4) is 0 Å². The Balaban J connectivity index is 1.60. The SMILES string of the molecule is CCN(CC)CCNC(=O)c1cc(Nc2ncc3cc(-c4c(Cl)cccc4Cl)c(=O)n(OC)c3n2)cn1C. The molecule has 0 aliphatic heterocycles. The molecule has 38 heavy (non-hydrogen) atoms. The van der Waals surface area contributed by atoms with Gasteiger partial charge in [0.25, 0.3) is 11.5 Å². The van der Waals surface area contributed by atoms with E-state index in [1.165, 1.54) is 7.11 Å². The molecule has 0 saturated carbocycles. The molecule has 0 aliphatic carbocycles. The summed E-state index contributed by atoms with van der Waals surface area (Å²) in [5.41, 5.74) is 1.56. The van der Waals surface area contributed by atoms with Crippen LogP contribution in [-0.4, -0.2) is 63.4 Å². The minimum Gasteiger partial charge on any atom is -0.412 e. The van der Waals surface area contributed by atoms with Gasteiger partial charge in [0.2, 0.25) is 5.95 Å². The van der Waals surface area contributed by atoms with Crippen LogP contribution in [0, 0.1) is 0 Å². The van der Waals surface area contributed by atoms with Gasteiger partial charge in [-0.25, -0.2) is 4.98 Å². The summed E-state index contributed by atoms with van der Waals surface area (Å²) >= 11 is 12.7. The van der Waals surface area contributed by atoms with Crippen molar-refractivity contribution in [1.82, 2.24) is 29.5 Å². The number of carbonyl (C=O) groups is 1. The fourth-order valence-electron chi connectivity index (χ4n) is 4.18. The minimum absolute atomic E-state index is 0.175. The lowest BCUT2D eigenvalue weighted by Crippen LogP contribution is -2.35. The summed E-state index contributed by atoms with van der Waals surface area (Å²) < 4.78 is 2.79. The van der Waals surface area contributed by atoms with Gasteiger partial charge >= 0.3 is 0 Å². The van der Waals surface area contributed by atoms with Crippen LogP contribution in [0.1, 0.15) is 24.3 Å². The zero-order valence-corrected chi connectivity index (χ0v) is 23.1. The highest BCUT2D eigenvalue weighted by atomic mass is 35.5. The Bertz CT molecular complexity index is 1510. The first-order valence-electron chi connectivity index (χ1n) is 12.1. The second-order valence-corrected chi connectivity index (χ2v) is 9.36. The van der Waals surface area contributed by atoms with Crippen molar-refractivity contribution in [3.63, 3.8) is 0 Å². The Morgan fingerprint density at radius 3 is 2.53 bits per heavy atom. The van der Waals surface area contributed by atoms with E-state index in [-0.39, 0.29) is 23.1 Å². The van der Waals surface area contributed by atoms with Gasteiger partial charge in [0.05, 0.1) is 21.3 Å². The van der Waals surface area contributed by atoms with Gasteiger partial charge in [-0.2, -0.15) is 4.98 Å². The van der Waals surface area contributed by atoms with Crippen LogP contribution < -0.4 is 21.0 Å². The van der Waals surface area contributed by atoms with Crippen LogP contribution in [0.5, 0.6) is 0 Å². The monoisotopic (exact) mass is 557 g/mol. The Morgan fingerprint density at radius 2 is 1.87 bits per heavy atom. The van der Waals surface area contributed by atoms with Crippen LogP contribution in [0.4, 0.5) is 11.6 Å². The topological polar surface area (TPSA) is 106 Å². The zero-order valence-electron chi connectivity index (χ0n) is 21.6. The summed E-state index contributed by atoms with van der Waals surface area (Å²) in [6.07, 6.45) is 3.33. The number of nitrogens with one attached hydrogen (secondary N) is 2. The van der Waals surface area contributed by atoms with E-state index in [2.05, 4.69) is 39.3 Å². The van der Waals surface area contributed by atoms with Crippen molar-refractivity contribution in [1.29, 1.82) is 0 Å². The molecule has 4 rings (SSSR count). The van der Waals surface area contributed by atoms with Gasteiger partial charge in [0.15, 0.2) is 5.65 Å². The van der Waals surface area contributed by atoms with Crippen molar-refractivity contribution in [2.24, 2.45) is 7.05 Å². The Labute approximate surface area is 230 Å². The predicted molar refractivity (Wildman–Crippen MR) is 151 cm³/mol. The van der Waals surface area contributed by atoms with Gasteiger partial charge in [-0.05, 0) is 37.4 Å². The van der Waals surface area contributed by atoms with Gasteiger partial charge in [0.1, 0.15) is 12.8 Å². The number of aryl methyl sites for hydroxylation is 1. The molecular formula is C26H29Cl2N7O3. The number of nitrogens with zero attached hydrogens (tertiary/aromatic N) is 5. The molecule has 0 radical (unpaired) electrons. The first-order chi connectivity index (χ1) is 18.3. The highest BCUT2D eigenvalue weighted by molar-refractivity contribution is 6.39. The third kappa shape index (κ3) is 5.62. The van der Waals surface area contributed by atoms with Gasteiger partial charge in [-0.3, -0.25) is 9.59 Å². The van der Waals surface area contributed by atoms with Gasteiger partial charge in [-0.15, -0.1) is 4.73 Å². The molecule has 10 nitrogen and oxygen atoms in total. The summed E-state index contributed by atoms with van der Waals surface area (Å²) in [5, 5.41) is 7.28. The molecule has 0 atom stereocenters. The van der Waals surface area contributed by atoms with Crippen LogP contribution >= 0.6 is 23.2 Å². The molecule has 0 unspecified atom stereocenters. The predicted octanol–water partition coefficient (Wildman–Crippen LogP) is 3.98. The molecule has 200 valence electrons. The molecular weight excluding hydrogens is 529 g/mol. The number of pyridine rings is 1. The number of likely N-dealkylation sites (N-methyl/N-ethyl adjacent to an activating group) is 1. The van der Waals surface area contributed by atoms with E-state index in [9.17, 15) is 9.59 Å².